The Morgan fingerprint density at radius 2 is 1.63 bits per heavy atom. The summed E-state index contributed by atoms with van der Waals surface area (Å²) in [6.07, 6.45) is 7.22. The van der Waals surface area contributed by atoms with Gasteiger partial charge < -0.3 is 9.47 Å². The first kappa shape index (κ1) is 19.6. The molecule has 154 valence electrons. The van der Waals surface area contributed by atoms with E-state index in [0.717, 1.165) is 18.3 Å². The minimum absolute atomic E-state index is 0.000184. The first-order chi connectivity index (χ1) is 12.9. The zero-order chi connectivity index (χ0) is 19.1. The van der Waals surface area contributed by atoms with Crippen molar-refractivity contribution in [1.82, 2.24) is 4.90 Å². The van der Waals surface area contributed by atoms with Crippen molar-refractivity contribution in [1.29, 1.82) is 0 Å². The van der Waals surface area contributed by atoms with Crippen LogP contribution in [0.5, 0.6) is 0 Å². The molecule has 5 fully saturated rings. The van der Waals surface area contributed by atoms with Crippen molar-refractivity contribution in [2.24, 2.45) is 23.7 Å². The van der Waals surface area contributed by atoms with E-state index in [0.29, 0.717) is 38.1 Å². The molecule has 1 aliphatic heterocycles. The van der Waals surface area contributed by atoms with Gasteiger partial charge in [0.15, 0.2) is 9.84 Å². The van der Waals surface area contributed by atoms with E-state index in [1.807, 2.05) is 0 Å². The predicted molar refractivity (Wildman–Crippen MR) is 102 cm³/mol. The predicted octanol–water partition coefficient (Wildman–Crippen LogP) is 1.88. The van der Waals surface area contributed by atoms with Crippen LogP contribution < -0.4 is 0 Å². The van der Waals surface area contributed by atoms with E-state index in [4.69, 9.17) is 9.47 Å². The number of nitrogens with zero attached hydrogens (tertiary/aromatic N) is 1. The summed E-state index contributed by atoms with van der Waals surface area (Å²) in [4.78, 5) is 14.6. The van der Waals surface area contributed by atoms with Crippen molar-refractivity contribution in [3.05, 3.63) is 0 Å². The summed E-state index contributed by atoms with van der Waals surface area (Å²) in [5.74, 6) is 3.00. The highest BCUT2D eigenvalue weighted by atomic mass is 32.2. The van der Waals surface area contributed by atoms with Gasteiger partial charge in [-0.15, -0.1) is 0 Å². The van der Waals surface area contributed by atoms with E-state index < -0.39 is 9.84 Å². The van der Waals surface area contributed by atoms with Crippen LogP contribution in [0.25, 0.3) is 0 Å². The molecule has 27 heavy (non-hydrogen) atoms. The highest BCUT2D eigenvalue weighted by molar-refractivity contribution is 7.91. The van der Waals surface area contributed by atoms with Gasteiger partial charge in [-0.2, -0.15) is 0 Å². The molecule has 4 saturated carbocycles. The summed E-state index contributed by atoms with van der Waals surface area (Å²) in [5, 5.41) is 0. The van der Waals surface area contributed by atoms with Crippen molar-refractivity contribution in [2.45, 2.75) is 51.0 Å². The lowest BCUT2D eigenvalue weighted by molar-refractivity contribution is -0.214. The quantitative estimate of drug-likeness (QED) is 0.481. The van der Waals surface area contributed by atoms with Gasteiger partial charge in [-0.3, -0.25) is 4.90 Å². The normalized spacial score (nSPS) is 40.2. The first-order valence-electron chi connectivity index (χ1n) is 10.6. The zero-order valence-corrected chi connectivity index (χ0v) is 17.2. The number of ether oxygens (including phenoxy) is 2. The summed E-state index contributed by atoms with van der Waals surface area (Å²) in [7, 11) is -2.85. The van der Waals surface area contributed by atoms with E-state index in [9.17, 15) is 13.2 Å². The molecule has 7 heteroatoms. The second-order valence-electron chi connectivity index (χ2n) is 9.13. The smallest absolute Gasteiger partial charge is 0.332 e. The summed E-state index contributed by atoms with van der Waals surface area (Å²) < 4.78 is 34.6. The van der Waals surface area contributed by atoms with Crippen LogP contribution in [0, 0.1) is 23.7 Å². The molecule has 1 saturated heterocycles. The monoisotopic (exact) mass is 399 g/mol. The third-order valence-electron chi connectivity index (χ3n) is 7.59. The summed E-state index contributed by atoms with van der Waals surface area (Å²) >= 11 is 0. The number of carbonyl (C=O) groups is 1. The van der Waals surface area contributed by atoms with Crippen molar-refractivity contribution in [2.75, 3.05) is 44.4 Å². The molecular formula is C20H33NO5S. The number of hydrogen-bond donors (Lipinski definition) is 0. The number of rotatable bonds is 7. The van der Waals surface area contributed by atoms with Crippen LogP contribution >= 0.6 is 0 Å². The third kappa shape index (κ3) is 4.06. The van der Waals surface area contributed by atoms with Crippen molar-refractivity contribution >= 4 is 15.8 Å². The Hall–Kier alpha value is -0.660. The molecule has 1 heterocycles. The minimum atomic E-state index is -2.85. The Morgan fingerprint density at radius 3 is 2.19 bits per heavy atom. The molecule has 4 bridgehead atoms. The molecule has 0 amide bonds. The Balaban J connectivity index is 1.22. The molecule has 0 N–H and O–H groups in total. The lowest BCUT2D eigenvalue weighted by Gasteiger charge is -2.60. The Kier molecular flexibility index (Phi) is 5.56. The molecule has 5 aliphatic rings. The average molecular weight is 400 g/mol. The zero-order valence-electron chi connectivity index (χ0n) is 16.4. The second-order valence-corrected chi connectivity index (χ2v) is 11.4. The Morgan fingerprint density at radius 1 is 1.04 bits per heavy atom. The number of sulfone groups is 1. The van der Waals surface area contributed by atoms with Gasteiger partial charge in [-0.05, 0) is 62.2 Å². The Labute approximate surface area is 162 Å². The van der Waals surface area contributed by atoms with Crippen LogP contribution in [0.3, 0.4) is 0 Å². The maximum Gasteiger partial charge on any atom is 0.332 e. The van der Waals surface area contributed by atoms with Crippen LogP contribution in [0.1, 0.15) is 45.4 Å². The van der Waals surface area contributed by atoms with Gasteiger partial charge in [0.2, 0.25) is 0 Å². The van der Waals surface area contributed by atoms with Gasteiger partial charge in [0.25, 0.3) is 0 Å². The van der Waals surface area contributed by atoms with Crippen LogP contribution in [0.2, 0.25) is 0 Å². The fraction of sp³-hybridized carbons (Fsp3) is 0.950. The fourth-order valence-electron chi connectivity index (χ4n) is 6.36. The van der Waals surface area contributed by atoms with Gasteiger partial charge in [0, 0.05) is 19.6 Å². The molecule has 0 aromatic carbocycles. The highest BCUT2D eigenvalue weighted by Gasteiger charge is 2.58. The van der Waals surface area contributed by atoms with Crippen LogP contribution in [0.15, 0.2) is 0 Å². The van der Waals surface area contributed by atoms with Gasteiger partial charge >= 0.3 is 5.97 Å². The minimum Gasteiger partial charge on any atom is -0.457 e. The second kappa shape index (κ2) is 7.64. The molecule has 0 aromatic rings. The standard InChI is InChI=1S/C20H33NO5S/c1-2-20(17-10-15-9-16(12-17)13-18(20)11-15)26-19(22)14-25-6-3-21-4-7-27(23,24)8-5-21/h15-18H,2-14H2,1H3. The molecule has 4 aliphatic carbocycles. The number of carbonyl (C=O) groups excluding carboxylic acids is 1. The lowest BCUT2D eigenvalue weighted by Crippen LogP contribution is -2.59. The maximum absolute atomic E-state index is 12.5. The maximum atomic E-state index is 12.5. The summed E-state index contributed by atoms with van der Waals surface area (Å²) in [6, 6.07) is 0. The largest absolute Gasteiger partial charge is 0.457 e. The SMILES string of the molecule is CCC1(OC(=O)COCCN2CCS(=O)(=O)CC2)C2CC3CC(C2)CC1C3. The summed E-state index contributed by atoms with van der Waals surface area (Å²) in [6.45, 7) is 4.38. The van der Waals surface area contributed by atoms with E-state index in [1.54, 1.807) is 0 Å². The van der Waals surface area contributed by atoms with E-state index in [-0.39, 0.29) is 29.7 Å². The van der Waals surface area contributed by atoms with E-state index in [2.05, 4.69) is 11.8 Å². The molecule has 6 nitrogen and oxygen atoms in total. The fourth-order valence-corrected chi connectivity index (χ4v) is 7.64. The molecule has 0 aromatic heterocycles. The number of esters is 1. The van der Waals surface area contributed by atoms with E-state index in [1.165, 1.54) is 32.1 Å². The van der Waals surface area contributed by atoms with Crippen molar-refractivity contribution in [3.8, 4) is 0 Å². The van der Waals surface area contributed by atoms with Crippen molar-refractivity contribution in [3.63, 3.8) is 0 Å². The van der Waals surface area contributed by atoms with Gasteiger partial charge in [-0.1, -0.05) is 6.92 Å². The molecule has 0 spiro atoms. The van der Waals surface area contributed by atoms with Gasteiger partial charge in [0.05, 0.1) is 18.1 Å². The lowest BCUT2D eigenvalue weighted by atomic mass is 9.49. The van der Waals surface area contributed by atoms with E-state index >= 15 is 0 Å². The average Bonchev–Trinajstić information content (AvgIpc) is 2.62. The molecule has 0 atom stereocenters. The molecule has 0 radical (unpaired) electrons. The van der Waals surface area contributed by atoms with Crippen LogP contribution in [-0.4, -0.2) is 69.2 Å². The summed E-state index contributed by atoms with van der Waals surface area (Å²) in [5.41, 5.74) is -0.255. The van der Waals surface area contributed by atoms with Crippen LogP contribution in [0.4, 0.5) is 0 Å². The number of hydrogen-bond acceptors (Lipinski definition) is 6. The topological polar surface area (TPSA) is 72.9 Å². The van der Waals surface area contributed by atoms with Gasteiger partial charge in [-0.25, -0.2) is 13.2 Å². The molecule has 0 unspecified atom stereocenters. The third-order valence-corrected chi connectivity index (χ3v) is 9.19. The van der Waals surface area contributed by atoms with Crippen LogP contribution in [-0.2, 0) is 24.1 Å². The Bertz CT molecular complexity index is 619. The molecular weight excluding hydrogens is 366 g/mol. The van der Waals surface area contributed by atoms with Gasteiger partial charge in [0.1, 0.15) is 12.2 Å². The first-order valence-corrected chi connectivity index (χ1v) is 12.4. The molecule has 5 rings (SSSR count). The highest BCUT2D eigenvalue weighted by Crippen LogP contribution is 2.60. The van der Waals surface area contributed by atoms with Crippen molar-refractivity contribution < 1.29 is 22.7 Å².